The molecule has 0 aliphatic carbocycles. The van der Waals surface area contributed by atoms with Crippen molar-refractivity contribution < 1.29 is 14.6 Å². The number of hydrogen-bond donors (Lipinski definition) is 1. The lowest BCUT2D eigenvalue weighted by Gasteiger charge is -2.18. The molecule has 3 nitrogen and oxygen atoms in total. The highest BCUT2D eigenvalue weighted by Gasteiger charge is 2.13. The molecule has 2 rings (SSSR count). The van der Waals surface area contributed by atoms with Crippen LogP contribution in [0.1, 0.15) is 43.7 Å². The van der Waals surface area contributed by atoms with Crippen LogP contribution in [0.2, 0.25) is 0 Å². The molecule has 3 heteroatoms. The van der Waals surface area contributed by atoms with Crippen LogP contribution in [0.4, 0.5) is 0 Å². The van der Waals surface area contributed by atoms with E-state index in [2.05, 4.69) is 37.8 Å². The van der Waals surface area contributed by atoms with Crippen molar-refractivity contribution in [1.82, 2.24) is 0 Å². The Morgan fingerprint density at radius 3 is 1.97 bits per heavy atom. The van der Waals surface area contributed by atoms with Crippen molar-refractivity contribution in [2.45, 2.75) is 51.9 Å². The van der Waals surface area contributed by atoms with E-state index in [9.17, 15) is 5.11 Å². The van der Waals surface area contributed by atoms with Gasteiger partial charge in [0.15, 0.2) is 0 Å². The zero-order chi connectivity index (χ0) is 21.4. The number of benzene rings is 2. The Bertz CT molecular complexity index is 724. The molecule has 0 saturated carbocycles. The van der Waals surface area contributed by atoms with Gasteiger partial charge >= 0.3 is 0 Å². The van der Waals surface area contributed by atoms with Gasteiger partial charge in [-0.1, -0.05) is 78.4 Å². The Morgan fingerprint density at radius 1 is 0.900 bits per heavy atom. The molecular weight excluding hydrogens is 372 g/mol. The van der Waals surface area contributed by atoms with Crippen LogP contribution >= 0.6 is 0 Å². The van der Waals surface area contributed by atoms with E-state index >= 15 is 0 Å². The van der Waals surface area contributed by atoms with Crippen LogP contribution in [0, 0.1) is 5.92 Å². The molecule has 2 aromatic rings. The third-order valence-electron chi connectivity index (χ3n) is 5.11. The second kappa shape index (κ2) is 14.7. The molecule has 2 atom stereocenters. The van der Waals surface area contributed by atoms with Gasteiger partial charge in [0.25, 0.3) is 0 Å². The van der Waals surface area contributed by atoms with Gasteiger partial charge < -0.3 is 14.6 Å². The standard InChI is InChI=1S/C27H36O3/c1-3-26(17-11-19-30-22-25-15-8-5-9-16-25)27(28)20-23(2)12-10-18-29-21-24-13-6-4-7-14-24/h3-9,13-16,20,26-28H,1,10-12,17-19,21-22H2,2H3/b23-20+. The fourth-order valence-electron chi connectivity index (χ4n) is 3.33. The van der Waals surface area contributed by atoms with Gasteiger partial charge in [0.2, 0.25) is 0 Å². The number of allylic oxidation sites excluding steroid dienone is 1. The zero-order valence-corrected chi connectivity index (χ0v) is 18.2. The minimum Gasteiger partial charge on any atom is -0.388 e. The van der Waals surface area contributed by atoms with Crippen molar-refractivity contribution in [3.63, 3.8) is 0 Å². The lowest BCUT2D eigenvalue weighted by molar-refractivity contribution is 0.106. The second-order valence-electron chi connectivity index (χ2n) is 7.73. The average molecular weight is 409 g/mol. The maximum atomic E-state index is 10.5. The van der Waals surface area contributed by atoms with Crippen molar-refractivity contribution in [3.05, 3.63) is 96.1 Å². The Morgan fingerprint density at radius 2 is 1.43 bits per heavy atom. The van der Waals surface area contributed by atoms with E-state index in [1.807, 2.05) is 48.6 Å². The first-order valence-corrected chi connectivity index (χ1v) is 10.9. The van der Waals surface area contributed by atoms with E-state index in [1.54, 1.807) is 0 Å². The van der Waals surface area contributed by atoms with Crippen LogP contribution in [0.3, 0.4) is 0 Å². The highest BCUT2D eigenvalue weighted by molar-refractivity contribution is 5.14. The summed E-state index contributed by atoms with van der Waals surface area (Å²) in [7, 11) is 0. The van der Waals surface area contributed by atoms with Gasteiger partial charge in [-0.2, -0.15) is 0 Å². The Hall–Kier alpha value is -2.20. The molecule has 0 fully saturated rings. The summed E-state index contributed by atoms with van der Waals surface area (Å²) >= 11 is 0. The molecule has 0 heterocycles. The highest BCUT2D eigenvalue weighted by Crippen LogP contribution is 2.17. The van der Waals surface area contributed by atoms with Gasteiger partial charge in [-0.3, -0.25) is 0 Å². The quantitative estimate of drug-likeness (QED) is 0.286. The molecule has 0 aromatic heterocycles. The van der Waals surface area contributed by atoms with Crippen molar-refractivity contribution >= 4 is 0 Å². The van der Waals surface area contributed by atoms with Crippen LogP contribution in [0.25, 0.3) is 0 Å². The Balaban J connectivity index is 1.59. The van der Waals surface area contributed by atoms with Gasteiger partial charge in [0.05, 0.1) is 19.3 Å². The largest absolute Gasteiger partial charge is 0.388 e. The van der Waals surface area contributed by atoms with Gasteiger partial charge in [0, 0.05) is 19.1 Å². The normalized spacial score (nSPS) is 13.7. The van der Waals surface area contributed by atoms with Gasteiger partial charge in [-0.05, 0) is 43.7 Å². The van der Waals surface area contributed by atoms with Crippen LogP contribution < -0.4 is 0 Å². The smallest absolute Gasteiger partial charge is 0.0785 e. The maximum absolute atomic E-state index is 10.5. The first-order valence-electron chi connectivity index (χ1n) is 10.9. The summed E-state index contributed by atoms with van der Waals surface area (Å²) in [6.45, 7) is 8.67. The van der Waals surface area contributed by atoms with Gasteiger partial charge in [-0.25, -0.2) is 0 Å². The van der Waals surface area contributed by atoms with Crippen molar-refractivity contribution in [1.29, 1.82) is 0 Å². The predicted octanol–water partition coefficient (Wildman–Crippen LogP) is 6.09. The number of ether oxygens (including phenoxy) is 2. The van der Waals surface area contributed by atoms with Crippen LogP contribution in [-0.2, 0) is 22.7 Å². The summed E-state index contributed by atoms with van der Waals surface area (Å²) in [4.78, 5) is 0. The van der Waals surface area contributed by atoms with E-state index in [0.717, 1.165) is 32.3 Å². The van der Waals surface area contributed by atoms with E-state index in [0.29, 0.717) is 19.8 Å². The van der Waals surface area contributed by atoms with Crippen LogP contribution in [0.5, 0.6) is 0 Å². The topological polar surface area (TPSA) is 38.7 Å². The molecule has 2 unspecified atom stereocenters. The lowest BCUT2D eigenvalue weighted by Crippen LogP contribution is -2.17. The summed E-state index contributed by atoms with van der Waals surface area (Å²) < 4.78 is 11.5. The number of hydrogen-bond acceptors (Lipinski definition) is 3. The molecule has 0 spiro atoms. The third-order valence-corrected chi connectivity index (χ3v) is 5.11. The van der Waals surface area contributed by atoms with Crippen molar-refractivity contribution in [2.24, 2.45) is 5.92 Å². The molecule has 0 aliphatic heterocycles. The first kappa shape index (κ1) is 24.1. The highest BCUT2D eigenvalue weighted by atomic mass is 16.5. The molecule has 0 aliphatic rings. The summed E-state index contributed by atoms with van der Waals surface area (Å²) in [5.74, 6) is 0.0506. The molecule has 0 radical (unpaired) electrons. The van der Waals surface area contributed by atoms with Crippen LogP contribution in [-0.4, -0.2) is 24.4 Å². The van der Waals surface area contributed by atoms with E-state index in [1.165, 1.54) is 16.7 Å². The van der Waals surface area contributed by atoms with E-state index in [4.69, 9.17) is 9.47 Å². The maximum Gasteiger partial charge on any atom is 0.0785 e. The lowest BCUT2D eigenvalue weighted by atomic mass is 9.95. The van der Waals surface area contributed by atoms with Crippen LogP contribution in [0.15, 0.2) is 85.0 Å². The monoisotopic (exact) mass is 408 g/mol. The molecule has 30 heavy (non-hydrogen) atoms. The fourth-order valence-corrected chi connectivity index (χ4v) is 3.33. The van der Waals surface area contributed by atoms with Gasteiger partial charge in [-0.15, -0.1) is 6.58 Å². The van der Waals surface area contributed by atoms with E-state index < -0.39 is 6.10 Å². The Kier molecular flexibility index (Phi) is 11.8. The molecule has 0 amide bonds. The Labute approximate surface area is 182 Å². The minimum absolute atomic E-state index is 0.0506. The minimum atomic E-state index is -0.498. The number of rotatable bonds is 15. The summed E-state index contributed by atoms with van der Waals surface area (Å²) in [6.07, 6.45) is 6.97. The molecule has 0 bridgehead atoms. The van der Waals surface area contributed by atoms with Gasteiger partial charge in [0.1, 0.15) is 0 Å². The summed E-state index contributed by atoms with van der Waals surface area (Å²) in [5, 5.41) is 10.5. The molecule has 1 N–H and O–H groups in total. The van der Waals surface area contributed by atoms with Crippen molar-refractivity contribution in [3.8, 4) is 0 Å². The first-order chi connectivity index (χ1) is 14.7. The molecule has 0 saturated heterocycles. The SMILES string of the molecule is C=CC(CCCOCc1ccccc1)C(O)/C=C(\C)CCCOCc1ccccc1. The van der Waals surface area contributed by atoms with Crippen molar-refractivity contribution in [2.75, 3.05) is 13.2 Å². The molecular formula is C27H36O3. The number of aliphatic hydroxyl groups is 1. The number of aliphatic hydroxyl groups excluding tert-OH is 1. The van der Waals surface area contributed by atoms with E-state index in [-0.39, 0.29) is 5.92 Å². The fraction of sp³-hybridized carbons (Fsp3) is 0.407. The zero-order valence-electron chi connectivity index (χ0n) is 18.2. The second-order valence-corrected chi connectivity index (χ2v) is 7.73. The summed E-state index contributed by atoms with van der Waals surface area (Å²) in [6, 6.07) is 20.4. The average Bonchev–Trinajstić information content (AvgIpc) is 2.77. The molecule has 162 valence electrons. The third kappa shape index (κ3) is 10.0. The predicted molar refractivity (Wildman–Crippen MR) is 124 cm³/mol. The summed E-state index contributed by atoms with van der Waals surface area (Å²) in [5.41, 5.74) is 3.57. The molecule has 2 aromatic carbocycles.